The highest BCUT2D eigenvalue weighted by atomic mass is 14.2. The first-order valence-corrected chi connectivity index (χ1v) is 12.4. The van der Waals surface area contributed by atoms with Crippen molar-refractivity contribution in [2.24, 2.45) is 17.8 Å². The third kappa shape index (κ3) is 7.68. The van der Waals surface area contributed by atoms with Gasteiger partial charge >= 0.3 is 0 Å². The minimum atomic E-state index is 1.07. The van der Waals surface area contributed by atoms with Gasteiger partial charge in [-0.15, -0.1) is 0 Å². The Balaban J connectivity index is 1.39. The molecule has 0 aliphatic heterocycles. The first-order chi connectivity index (χ1) is 12.4. The summed E-state index contributed by atoms with van der Waals surface area (Å²) in [6, 6.07) is 0. The van der Waals surface area contributed by atoms with Gasteiger partial charge in [0.25, 0.3) is 0 Å². The van der Waals surface area contributed by atoms with Crippen LogP contribution in [0.3, 0.4) is 0 Å². The smallest absolute Gasteiger partial charge is 0.0739 e. The van der Waals surface area contributed by atoms with Gasteiger partial charge in [0, 0.05) is 0 Å². The van der Waals surface area contributed by atoms with E-state index in [-0.39, 0.29) is 0 Å². The first-order valence-electron chi connectivity index (χ1n) is 12.4. The maximum atomic E-state index is 1.57. The second-order valence-corrected chi connectivity index (χ2v) is 10.1. The van der Waals surface area contributed by atoms with Crippen LogP contribution in [0.4, 0.5) is 0 Å². The highest BCUT2D eigenvalue weighted by Gasteiger charge is 2.23. The van der Waals surface area contributed by atoms with Crippen molar-refractivity contribution >= 4 is 6.71 Å². The molecule has 0 N–H and O–H groups in total. The zero-order chi connectivity index (χ0) is 17.2. The quantitative estimate of drug-likeness (QED) is 0.368. The van der Waals surface area contributed by atoms with Crippen LogP contribution in [-0.2, 0) is 0 Å². The van der Waals surface area contributed by atoms with E-state index in [2.05, 4.69) is 0 Å². The van der Waals surface area contributed by atoms with Crippen LogP contribution in [0.5, 0.6) is 0 Å². The average Bonchev–Trinajstić information content (AvgIpc) is 2.70. The fraction of sp³-hybridized carbons (Fsp3) is 1.00. The van der Waals surface area contributed by atoms with Gasteiger partial charge in [0.2, 0.25) is 0 Å². The molecule has 0 nitrogen and oxygen atoms in total. The molecular formula is C24H45B. The van der Waals surface area contributed by atoms with E-state index in [1.54, 1.807) is 76.7 Å². The van der Waals surface area contributed by atoms with Gasteiger partial charge in [0.15, 0.2) is 0 Å². The molecule has 0 bridgehead atoms. The van der Waals surface area contributed by atoms with Crippen LogP contribution in [0, 0.1) is 17.8 Å². The molecule has 144 valence electrons. The number of rotatable bonds is 9. The Hall–Kier alpha value is 0.0649. The fourth-order valence-corrected chi connectivity index (χ4v) is 6.27. The van der Waals surface area contributed by atoms with Gasteiger partial charge in [0.05, 0.1) is 0 Å². The van der Waals surface area contributed by atoms with Crippen LogP contribution in [0.25, 0.3) is 0 Å². The summed E-state index contributed by atoms with van der Waals surface area (Å²) in [5, 5.41) is 0. The summed E-state index contributed by atoms with van der Waals surface area (Å²) in [4.78, 5) is 0. The Labute approximate surface area is 159 Å². The van der Waals surface area contributed by atoms with Crippen molar-refractivity contribution in [3.8, 4) is 0 Å². The first kappa shape index (κ1) is 19.8. The molecule has 3 aliphatic carbocycles. The van der Waals surface area contributed by atoms with Crippen molar-refractivity contribution in [1.82, 2.24) is 0 Å². The summed E-state index contributed by atoms with van der Waals surface area (Å²) >= 11 is 0. The molecule has 25 heavy (non-hydrogen) atoms. The molecule has 0 aromatic carbocycles. The summed E-state index contributed by atoms with van der Waals surface area (Å²) in [6.07, 6.45) is 32.5. The molecule has 0 saturated heterocycles. The number of hydrogen-bond acceptors (Lipinski definition) is 0. The molecule has 3 fully saturated rings. The van der Waals surface area contributed by atoms with Crippen LogP contribution in [-0.4, -0.2) is 6.71 Å². The second-order valence-electron chi connectivity index (χ2n) is 10.1. The van der Waals surface area contributed by atoms with Crippen LogP contribution < -0.4 is 0 Å². The van der Waals surface area contributed by atoms with E-state index in [0.717, 1.165) is 24.5 Å². The lowest BCUT2D eigenvalue weighted by Gasteiger charge is -2.27. The molecular weight excluding hydrogens is 299 g/mol. The summed E-state index contributed by atoms with van der Waals surface area (Å²) in [6.45, 7) is 1.07. The molecule has 0 heterocycles. The Morgan fingerprint density at radius 3 is 0.960 bits per heavy atom. The normalized spacial score (nSPS) is 24.5. The van der Waals surface area contributed by atoms with E-state index in [1.165, 1.54) is 57.8 Å². The molecule has 1 heteroatoms. The summed E-state index contributed by atoms with van der Waals surface area (Å²) in [5.41, 5.74) is 0. The van der Waals surface area contributed by atoms with E-state index in [4.69, 9.17) is 0 Å². The Kier molecular flexibility index (Phi) is 9.28. The van der Waals surface area contributed by atoms with Crippen molar-refractivity contribution < 1.29 is 0 Å². The largest absolute Gasteiger partial charge is 0.139 e. The lowest BCUT2D eigenvalue weighted by atomic mass is 9.40. The molecule has 3 saturated carbocycles. The van der Waals surface area contributed by atoms with Gasteiger partial charge in [-0.05, 0) is 17.8 Å². The summed E-state index contributed by atoms with van der Waals surface area (Å²) < 4.78 is 0. The fourth-order valence-electron chi connectivity index (χ4n) is 6.27. The zero-order valence-electron chi connectivity index (χ0n) is 17.2. The van der Waals surface area contributed by atoms with Gasteiger partial charge in [-0.3, -0.25) is 0 Å². The molecule has 0 aromatic heterocycles. The van der Waals surface area contributed by atoms with Crippen molar-refractivity contribution in [2.45, 2.75) is 135 Å². The lowest BCUT2D eigenvalue weighted by molar-refractivity contribution is 0.340. The van der Waals surface area contributed by atoms with Crippen LogP contribution in [0.2, 0.25) is 19.0 Å². The standard InChI is InChI=1S/C24H45B/c1-4-10-22(11-5-1)16-19-25(20-17-23-12-6-2-7-13-23)21-18-24-14-8-3-9-15-24/h22-24H,1-21H2. The van der Waals surface area contributed by atoms with E-state index < -0.39 is 0 Å². The maximum absolute atomic E-state index is 1.57. The molecule has 0 amide bonds. The Bertz CT molecular complexity index is 269. The SMILES string of the molecule is C1CCC(CCB(CCC2CCCCC2)CCC2CCCCC2)CC1. The molecule has 0 aromatic rings. The molecule has 0 radical (unpaired) electrons. The topological polar surface area (TPSA) is 0 Å². The molecule has 3 rings (SSSR count). The molecule has 0 unspecified atom stereocenters. The number of hydrogen-bond donors (Lipinski definition) is 0. The van der Waals surface area contributed by atoms with Gasteiger partial charge in [-0.2, -0.15) is 0 Å². The molecule has 0 spiro atoms. The predicted octanol–water partition coefficient (Wildman–Crippen LogP) is 8.39. The Morgan fingerprint density at radius 1 is 0.400 bits per heavy atom. The van der Waals surface area contributed by atoms with Gasteiger partial charge in [-0.1, -0.05) is 135 Å². The molecule has 3 aliphatic rings. The van der Waals surface area contributed by atoms with E-state index in [0.29, 0.717) is 0 Å². The third-order valence-electron chi connectivity index (χ3n) is 8.12. The van der Waals surface area contributed by atoms with Gasteiger partial charge < -0.3 is 0 Å². The van der Waals surface area contributed by atoms with Crippen LogP contribution >= 0.6 is 0 Å². The summed E-state index contributed by atoms with van der Waals surface area (Å²) in [7, 11) is 0. The zero-order valence-corrected chi connectivity index (χ0v) is 17.2. The third-order valence-corrected chi connectivity index (χ3v) is 8.12. The van der Waals surface area contributed by atoms with Crippen molar-refractivity contribution in [3.63, 3.8) is 0 Å². The van der Waals surface area contributed by atoms with Crippen molar-refractivity contribution in [3.05, 3.63) is 0 Å². The van der Waals surface area contributed by atoms with E-state index >= 15 is 0 Å². The lowest BCUT2D eigenvalue weighted by Crippen LogP contribution is -2.19. The monoisotopic (exact) mass is 344 g/mol. The highest BCUT2D eigenvalue weighted by Crippen LogP contribution is 2.34. The van der Waals surface area contributed by atoms with Gasteiger partial charge in [-0.25, -0.2) is 0 Å². The maximum Gasteiger partial charge on any atom is 0.139 e. The summed E-state index contributed by atoms with van der Waals surface area (Å²) in [5.74, 6) is 3.29. The van der Waals surface area contributed by atoms with Crippen LogP contribution in [0.1, 0.15) is 116 Å². The minimum absolute atomic E-state index is 1.07. The van der Waals surface area contributed by atoms with E-state index in [9.17, 15) is 0 Å². The molecule has 0 atom stereocenters. The Morgan fingerprint density at radius 2 is 0.680 bits per heavy atom. The van der Waals surface area contributed by atoms with Gasteiger partial charge in [0.1, 0.15) is 6.71 Å². The van der Waals surface area contributed by atoms with Crippen LogP contribution in [0.15, 0.2) is 0 Å². The van der Waals surface area contributed by atoms with E-state index in [1.807, 2.05) is 0 Å². The second kappa shape index (κ2) is 11.7. The average molecular weight is 344 g/mol. The van der Waals surface area contributed by atoms with Crippen molar-refractivity contribution in [2.75, 3.05) is 0 Å². The van der Waals surface area contributed by atoms with Crippen molar-refractivity contribution in [1.29, 1.82) is 0 Å². The predicted molar refractivity (Wildman–Crippen MR) is 114 cm³/mol. The highest BCUT2D eigenvalue weighted by molar-refractivity contribution is 6.58. The minimum Gasteiger partial charge on any atom is -0.0739 e.